The van der Waals surface area contributed by atoms with Gasteiger partial charge in [-0.15, -0.1) is 24.0 Å². The first-order valence-electron chi connectivity index (χ1n) is 8.19. The second-order valence-corrected chi connectivity index (χ2v) is 5.76. The molecule has 8 nitrogen and oxygen atoms in total. The Balaban J connectivity index is 0.00000288. The van der Waals surface area contributed by atoms with E-state index < -0.39 is 0 Å². The summed E-state index contributed by atoms with van der Waals surface area (Å²) in [5, 5.41) is 10.6. The lowest BCUT2D eigenvalue weighted by Crippen LogP contribution is -2.48. The first-order chi connectivity index (χ1) is 11.2. The van der Waals surface area contributed by atoms with E-state index >= 15 is 0 Å². The standard InChI is InChI=1S/C15H28N6O2.HI/c1-12-18-14(20-23-12)11-17-15(16-2)19-13-5-8-21(9-6-13)7-4-10-22-3;/h13H,4-11H2,1-3H3,(H2,16,17,19);1H. The van der Waals surface area contributed by atoms with Crippen molar-refractivity contribution in [3.05, 3.63) is 11.7 Å². The molecule has 2 N–H and O–H groups in total. The normalized spacial score (nSPS) is 16.7. The fourth-order valence-corrected chi connectivity index (χ4v) is 2.70. The van der Waals surface area contributed by atoms with Gasteiger partial charge in [-0.3, -0.25) is 4.99 Å². The van der Waals surface area contributed by atoms with Crippen LogP contribution in [0.15, 0.2) is 9.52 Å². The summed E-state index contributed by atoms with van der Waals surface area (Å²) in [6, 6.07) is 0.451. The van der Waals surface area contributed by atoms with E-state index in [9.17, 15) is 0 Å². The van der Waals surface area contributed by atoms with E-state index in [0.29, 0.717) is 24.3 Å². The number of rotatable bonds is 7. The van der Waals surface area contributed by atoms with Crippen LogP contribution in [-0.4, -0.2) is 67.4 Å². The van der Waals surface area contributed by atoms with E-state index in [1.165, 1.54) is 0 Å². The molecule has 1 fully saturated rings. The van der Waals surface area contributed by atoms with E-state index in [0.717, 1.165) is 51.5 Å². The molecule has 0 atom stereocenters. The Hall–Kier alpha value is -0.940. The summed E-state index contributed by atoms with van der Waals surface area (Å²) in [6.45, 7) is 6.47. The number of aryl methyl sites for hydroxylation is 1. The third-order valence-corrected chi connectivity index (χ3v) is 3.96. The minimum Gasteiger partial charge on any atom is -0.385 e. The van der Waals surface area contributed by atoms with Crippen LogP contribution in [0.1, 0.15) is 31.0 Å². The van der Waals surface area contributed by atoms with Gasteiger partial charge in [-0.05, 0) is 19.3 Å². The van der Waals surface area contributed by atoms with Crippen molar-refractivity contribution in [1.82, 2.24) is 25.7 Å². The van der Waals surface area contributed by atoms with Crippen LogP contribution in [0.25, 0.3) is 0 Å². The fraction of sp³-hybridized carbons (Fsp3) is 0.800. The summed E-state index contributed by atoms with van der Waals surface area (Å²) in [6.07, 6.45) is 3.34. The number of methoxy groups -OCH3 is 1. The van der Waals surface area contributed by atoms with Crippen molar-refractivity contribution in [3.8, 4) is 0 Å². The molecule has 0 spiro atoms. The van der Waals surface area contributed by atoms with E-state index in [1.807, 2.05) is 0 Å². The van der Waals surface area contributed by atoms with Gasteiger partial charge in [-0.2, -0.15) is 4.98 Å². The molecule has 0 unspecified atom stereocenters. The Morgan fingerprint density at radius 1 is 1.42 bits per heavy atom. The number of nitrogens with zero attached hydrogens (tertiary/aromatic N) is 4. The SMILES string of the molecule is CN=C(NCc1noc(C)n1)NC1CCN(CCCOC)CC1.I. The molecule has 138 valence electrons. The molecule has 1 aromatic heterocycles. The van der Waals surface area contributed by atoms with Crippen molar-refractivity contribution in [2.24, 2.45) is 4.99 Å². The highest BCUT2D eigenvalue weighted by Gasteiger charge is 2.19. The summed E-state index contributed by atoms with van der Waals surface area (Å²) >= 11 is 0. The largest absolute Gasteiger partial charge is 0.385 e. The number of guanidine groups is 1. The monoisotopic (exact) mass is 452 g/mol. The molecular formula is C15H29IN6O2. The van der Waals surface area contributed by atoms with Crippen molar-refractivity contribution < 1.29 is 9.26 Å². The number of likely N-dealkylation sites (tertiary alicyclic amines) is 1. The Labute approximate surface area is 160 Å². The fourth-order valence-electron chi connectivity index (χ4n) is 2.70. The molecule has 1 aliphatic heterocycles. The third-order valence-electron chi connectivity index (χ3n) is 3.96. The second-order valence-electron chi connectivity index (χ2n) is 5.76. The van der Waals surface area contributed by atoms with Crippen LogP contribution in [0, 0.1) is 6.92 Å². The average molecular weight is 452 g/mol. The van der Waals surface area contributed by atoms with Crippen LogP contribution >= 0.6 is 24.0 Å². The van der Waals surface area contributed by atoms with Gasteiger partial charge in [0.1, 0.15) is 0 Å². The molecular weight excluding hydrogens is 423 g/mol. The molecule has 1 aliphatic rings. The number of hydrogen-bond donors (Lipinski definition) is 2. The first-order valence-corrected chi connectivity index (χ1v) is 8.19. The van der Waals surface area contributed by atoms with Gasteiger partial charge >= 0.3 is 0 Å². The lowest BCUT2D eigenvalue weighted by atomic mass is 10.1. The Morgan fingerprint density at radius 2 is 2.17 bits per heavy atom. The van der Waals surface area contributed by atoms with Gasteiger partial charge in [-0.1, -0.05) is 5.16 Å². The predicted octanol–water partition coefficient (Wildman–Crippen LogP) is 1.16. The molecule has 9 heteroatoms. The molecule has 24 heavy (non-hydrogen) atoms. The van der Waals surface area contributed by atoms with Crippen molar-refractivity contribution >= 4 is 29.9 Å². The molecule has 2 rings (SSSR count). The zero-order valence-corrected chi connectivity index (χ0v) is 17.1. The first kappa shape index (κ1) is 21.1. The quantitative estimate of drug-likeness (QED) is 0.278. The van der Waals surface area contributed by atoms with Crippen LogP contribution in [-0.2, 0) is 11.3 Å². The highest BCUT2D eigenvalue weighted by atomic mass is 127. The number of nitrogens with one attached hydrogen (secondary N) is 2. The van der Waals surface area contributed by atoms with E-state index in [-0.39, 0.29) is 24.0 Å². The summed E-state index contributed by atoms with van der Waals surface area (Å²) in [5.41, 5.74) is 0. The number of halogens is 1. The number of piperidine rings is 1. The average Bonchev–Trinajstić information content (AvgIpc) is 2.98. The maximum absolute atomic E-state index is 5.11. The van der Waals surface area contributed by atoms with Gasteiger partial charge in [-0.25, -0.2) is 0 Å². The van der Waals surface area contributed by atoms with Crippen molar-refractivity contribution in [2.45, 2.75) is 38.8 Å². The van der Waals surface area contributed by atoms with Gasteiger partial charge in [0, 0.05) is 53.4 Å². The van der Waals surface area contributed by atoms with E-state index in [2.05, 4.69) is 30.7 Å². The Kier molecular flexibility index (Phi) is 10.2. The Bertz CT molecular complexity index is 488. The molecule has 0 radical (unpaired) electrons. The van der Waals surface area contributed by atoms with Crippen LogP contribution < -0.4 is 10.6 Å². The molecule has 0 aromatic carbocycles. The lowest BCUT2D eigenvalue weighted by Gasteiger charge is -2.33. The van der Waals surface area contributed by atoms with Crippen LogP contribution in [0.5, 0.6) is 0 Å². The van der Waals surface area contributed by atoms with E-state index in [4.69, 9.17) is 9.26 Å². The highest BCUT2D eigenvalue weighted by molar-refractivity contribution is 14.0. The minimum atomic E-state index is 0. The summed E-state index contributed by atoms with van der Waals surface area (Å²) in [7, 11) is 3.53. The lowest BCUT2D eigenvalue weighted by molar-refractivity contribution is 0.155. The van der Waals surface area contributed by atoms with Gasteiger partial charge in [0.15, 0.2) is 11.8 Å². The van der Waals surface area contributed by atoms with Crippen LogP contribution in [0.4, 0.5) is 0 Å². The topological polar surface area (TPSA) is 87.8 Å². The van der Waals surface area contributed by atoms with Crippen LogP contribution in [0.3, 0.4) is 0 Å². The van der Waals surface area contributed by atoms with Crippen molar-refractivity contribution in [3.63, 3.8) is 0 Å². The summed E-state index contributed by atoms with van der Waals surface area (Å²) in [5.74, 6) is 1.99. The number of aromatic nitrogens is 2. The maximum Gasteiger partial charge on any atom is 0.223 e. The zero-order valence-electron chi connectivity index (χ0n) is 14.7. The molecule has 0 aliphatic carbocycles. The second kappa shape index (κ2) is 11.6. The molecule has 1 aromatic rings. The highest BCUT2D eigenvalue weighted by Crippen LogP contribution is 2.10. The molecule has 0 saturated carbocycles. The van der Waals surface area contributed by atoms with Crippen molar-refractivity contribution in [2.75, 3.05) is 40.4 Å². The maximum atomic E-state index is 5.11. The molecule has 0 bridgehead atoms. The molecule has 0 amide bonds. The van der Waals surface area contributed by atoms with Gasteiger partial charge in [0.05, 0.1) is 6.54 Å². The van der Waals surface area contributed by atoms with Crippen molar-refractivity contribution in [1.29, 1.82) is 0 Å². The zero-order chi connectivity index (χ0) is 16.5. The van der Waals surface area contributed by atoms with E-state index in [1.54, 1.807) is 21.1 Å². The third kappa shape index (κ3) is 7.31. The summed E-state index contributed by atoms with van der Waals surface area (Å²) < 4.78 is 10.1. The van der Waals surface area contributed by atoms with Gasteiger partial charge in [0.2, 0.25) is 5.89 Å². The predicted molar refractivity (Wildman–Crippen MR) is 104 cm³/mol. The van der Waals surface area contributed by atoms with Gasteiger partial charge < -0.3 is 24.8 Å². The number of ether oxygens (including phenoxy) is 1. The summed E-state index contributed by atoms with van der Waals surface area (Å²) in [4.78, 5) is 10.9. The van der Waals surface area contributed by atoms with Gasteiger partial charge in [0.25, 0.3) is 0 Å². The number of aliphatic imine (C=N–C) groups is 1. The minimum absolute atomic E-state index is 0. The molecule has 2 heterocycles. The molecule has 1 saturated heterocycles. The smallest absolute Gasteiger partial charge is 0.223 e. The Morgan fingerprint density at radius 3 is 2.75 bits per heavy atom. The number of hydrogen-bond acceptors (Lipinski definition) is 6. The van der Waals surface area contributed by atoms with Crippen LogP contribution in [0.2, 0.25) is 0 Å².